The van der Waals surface area contributed by atoms with Gasteiger partial charge in [-0.2, -0.15) is 13.2 Å². The van der Waals surface area contributed by atoms with E-state index in [4.69, 9.17) is 0 Å². The van der Waals surface area contributed by atoms with Crippen LogP contribution in [0.25, 0.3) is 0 Å². The Morgan fingerprint density at radius 1 is 1.08 bits per heavy atom. The fourth-order valence-electron chi connectivity index (χ4n) is 3.71. The van der Waals surface area contributed by atoms with E-state index >= 15 is 0 Å². The molecule has 8 heteroatoms. The van der Waals surface area contributed by atoms with Crippen molar-refractivity contribution in [3.05, 3.63) is 0 Å². The Morgan fingerprint density at radius 3 is 2.28 bits per heavy atom. The monoisotopic (exact) mass is 476 g/mol. The average Bonchev–Trinajstić information content (AvgIpc) is 2.55. The Labute approximate surface area is 166 Å². The fraction of sp³-hybridized carbons (Fsp3) is 0.941. The van der Waals surface area contributed by atoms with E-state index < -0.39 is 12.6 Å². The lowest BCUT2D eigenvalue weighted by Gasteiger charge is -2.36. The van der Waals surface area contributed by atoms with E-state index in [0.29, 0.717) is 12.0 Å². The van der Waals surface area contributed by atoms with Crippen molar-refractivity contribution in [3.8, 4) is 0 Å². The molecule has 2 fully saturated rings. The molecule has 4 nitrogen and oxygen atoms in total. The Bertz CT molecular complexity index is 390. The lowest BCUT2D eigenvalue weighted by Crippen LogP contribution is -2.49. The Balaban J connectivity index is 0.00000312. The van der Waals surface area contributed by atoms with Crippen LogP contribution < -0.4 is 10.6 Å². The molecule has 0 unspecified atom stereocenters. The second kappa shape index (κ2) is 11.5. The molecule has 0 bridgehead atoms. The smallest absolute Gasteiger partial charge is 0.356 e. The van der Waals surface area contributed by atoms with Gasteiger partial charge in [-0.15, -0.1) is 24.0 Å². The SMILES string of the molecule is CN=C(NCCC(F)(F)F)NC1CCN(CC2CCCCC2)CC1.I. The molecule has 148 valence electrons. The van der Waals surface area contributed by atoms with Crippen LogP contribution in [0.3, 0.4) is 0 Å². The van der Waals surface area contributed by atoms with Crippen LogP contribution in [-0.2, 0) is 0 Å². The van der Waals surface area contributed by atoms with Crippen LogP contribution in [-0.4, -0.2) is 56.3 Å². The van der Waals surface area contributed by atoms with E-state index in [9.17, 15) is 13.2 Å². The highest BCUT2D eigenvalue weighted by atomic mass is 127. The quantitative estimate of drug-likeness (QED) is 0.361. The molecule has 1 aliphatic heterocycles. The molecule has 0 amide bonds. The van der Waals surface area contributed by atoms with Crippen molar-refractivity contribution < 1.29 is 13.2 Å². The molecule has 2 aliphatic rings. The van der Waals surface area contributed by atoms with Crippen LogP contribution in [0.5, 0.6) is 0 Å². The third-order valence-electron chi connectivity index (χ3n) is 5.09. The average molecular weight is 476 g/mol. The highest BCUT2D eigenvalue weighted by Crippen LogP contribution is 2.25. The molecule has 2 rings (SSSR count). The molecule has 1 aliphatic carbocycles. The van der Waals surface area contributed by atoms with Gasteiger partial charge in [-0.05, 0) is 31.6 Å². The molecule has 1 saturated carbocycles. The summed E-state index contributed by atoms with van der Waals surface area (Å²) in [5, 5.41) is 6.02. The molecule has 0 atom stereocenters. The van der Waals surface area contributed by atoms with Gasteiger partial charge in [-0.3, -0.25) is 4.99 Å². The van der Waals surface area contributed by atoms with Crippen LogP contribution in [0, 0.1) is 5.92 Å². The van der Waals surface area contributed by atoms with Gasteiger partial charge in [-0.25, -0.2) is 0 Å². The summed E-state index contributed by atoms with van der Waals surface area (Å²) in [4.78, 5) is 6.58. The maximum Gasteiger partial charge on any atom is 0.390 e. The molecular formula is C17H32F3IN4. The van der Waals surface area contributed by atoms with Crippen molar-refractivity contribution in [3.63, 3.8) is 0 Å². The third kappa shape index (κ3) is 9.30. The second-order valence-electron chi connectivity index (χ2n) is 7.09. The van der Waals surface area contributed by atoms with Crippen molar-refractivity contribution in [1.29, 1.82) is 0 Å². The van der Waals surface area contributed by atoms with Gasteiger partial charge in [0, 0.05) is 39.3 Å². The standard InChI is InChI=1S/C17H31F3N4.HI/c1-21-16(22-10-9-17(18,19)20)23-15-7-11-24(12-8-15)13-14-5-3-2-4-6-14;/h14-15H,2-13H2,1H3,(H2,21,22,23);1H. The summed E-state index contributed by atoms with van der Waals surface area (Å²) in [6, 6.07) is 0.296. The summed E-state index contributed by atoms with van der Waals surface area (Å²) in [6.45, 7) is 3.20. The van der Waals surface area contributed by atoms with Crippen LogP contribution in [0.1, 0.15) is 51.4 Å². The summed E-state index contributed by atoms with van der Waals surface area (Å²) >= 11 is 0. The van der Waals surface area contributed by atoms with E-state index in [0.717, 1.165) is 31.8 Å². The number of nitrogens with one attached hydrogen (secondary N) is 2. The Hall–Kier alpha value is -0.250. The van der Waals surface area contributed by atoms with Crippen molar-refractivity contribution in [2.45, 2.75) is 63.6 Å². The first kappa shape index (κ1) is 22.8. The molecule has 1 heterocycles. The molecule has 25 heavy (non-hydrogen) atoms. The number of aliphatic imine (C=N–C) groups is 1. The molecule has 0 aromatic carbocycles. The minimum Gasteiger partial charge on any atom is -0.356 e. The zero-order chi connectivity index (χ0) is 17.4. The van der Waals surface area contributed by atoms with E-state index in [-0.39, 0.29) is 30.5 Å². The first-order valence-corrected chi connectivity index (χ1v) is 9.22. The summed E-state index contributed by atoms with van der Waals surface area (Å²) in [6.07, 6.45) is 3.96. The topological polar surface area (TPSA) is 39.7 Å². The van der Waals surface area contributed by atoms with Gasteiger partial charge < -0.3 is 15.5 Å². The molecule has 1 saturated heterocycles. The van der Waals surface area contributed by atoms with Crippen LogP contribution in [0.2, 0.25) is 0 Å². The highest BCUT2D eigenvalue weighted by Gasteiger charge is 2.27. The number of hydrogen-bond donors (Lipinski definition) is 2. The molecule has 0 radical (unpaired) electrons. The van der Waals surface area contributed by atoms with Gasteiger partial charge >= 0.3 is 6.18 Å². The fourth-order valence-corrected chi connectivity index (χ4v) is 3.71. The van der Waals surface area contributed by atoms with E-state index in [2.05, 4.69) is 20.5 Å². The first-order chi connectivity index (χ1) is 11.5. The maximum absolute atomic E-state index is 12.2. The van der Waals surface area contributed by atoms with Gasteiger partial charge in [-0.1, -0.05) is 19.3 Å². The van der Waals surface area contributed by atoms with Crippen molar-refractivity contribution >= 4 is 29.9 Å². The molecule has 0 spiro atoms. The number of nitrogens with zero attached hydrogens (tertiary/aromatic N) is 2. The molecule has 0 aromatic rings. The molecule has 2 N–H and O–H groups in total. The lowest BCUT2D eigenvalue weighted by molar-refractivity contribution is -0.132. The predicted octanol–water partition coefficient (Wildman–Crippen LogP) is 3.77. The minimum atomic E-state index is -4.13. The van der Waals surface area contributed by atoms with Crippen LogP contribution in [0.4, 0.5) is 13.2 Å². The van der Waals surface area contributed by atoms with E-state index in [1.54, 1.807) is 7.05 Å². The predicted molar refractivity (Wildman–Crippen MR) is 107 cm³/mol. The Kier molecular flexibility index (Phi) is 10.4. The van der Waals surface area contributed by atoms with E-state index in [1.807, 2.05) is 0 Å². The normalized spacial score (nSPS) is 21.7. The number of alkyl halides is 3. The summed E-state index contributed by atoms with van der Waals surface area (Å²) in [5.74, 6) is 1.34. The molecule has 0 aromatic heterocycles. The van der Waals surface area contributed by atoms with E-state index in [1.165, 1.54) is 38.6 Å². The van der Waals surface area contributed by atoms with Gasteiger partial charge in [0.2, 0.25) is 0 Å². The second-order valence-corrected chi connectivity index (χ2v) is 7.09. The minimum absolute atomic E-state index is 0. The van der Waals surface area contributed by atoms with Crippen molar-refractivity contribution in [1.82, 2.24) is 15.5 Å². The maximum atomic E-state index is 12.2. The van der Waals surface area contributed by atoms with Gasteiger partial charge in [0.25, 0.3) is 0 Å². The van der Waals surface area contributed by atoms with Gasteiger partial charge in [0.1, 0.15) is 0 Å². The summed E-state index contributed by atoms with van der Waals surface area (Å²) in [7, 11) is 1.60. The zero-order valence-electron chi connectivity index (χ0n) is 15.1. The number of hydrogen-bond acceptors (Lipinski definition) is 2. The lowest BCUT2D eigenvalue weighted by atomic mass is 9.88. The third-order valence-corrected chi connectivity index (χ3v) is 5.09. The zero-order valence-corrected chi connectivity index (χ0v) is 17.4. The number of halogens is 4. The van der Waals surface area contributed by atoms with Gasteiger partial charge in [0.15, 0.2) is 5.96 Å². The van der Waals surface area contributed by atoms with Crippen LogP contribution >= 0.6 is 24.0 Å². The highest BCUT2D eigenvalue weighted by molar-refractivity contribution is 14.0. The van der Waals surface area contributed by atoms with Crippen molar-refractivity contribution in [2.24, 2.45) is 10.9 Å². The van der Waals surface area contributed by atoms with Crippen LogP contribution in [0.15, 0.2) is 4.99 Å². The largest absolute Gasteiger partial charge is 0.390 e. The summed E-state index contributed by atoms with van der Waals surface area (Å²) < 4.78 is 36.6. The number of guanidine groups is 1. The number of likely N-dealkylation sites (tertiary alicyclic amines) is 1. The Morgan fingerprint density at radius 2 is 1.72 bits per heavy atom. The molecular weight excluding hydrogens is 444 g/mol. The summed E-state index contributed by atoms with van der Waals surface area (Å²) in [5.41, 5.74) is 0. The van der Waals surface area contributed by atoms with Gasteiger partial charge in [0.05, 0.1) is 6.42 Å². The van der Waals surface area contributed by atoms with Crippen molar-refractivity contribution in [2.75, 3.05) is 33.2 Å². The number of piperidine rings is 1. The first-order valence-electron chi connectivity index (χ1n) is 9.22. The number of rotatable bonds is 5.